The fraction of sp³-hybridized carbons (Fsp3) is 0.500. The predicted octanol–water partition coefficient (Wildman–Crippen LogP) is 2.88. The van der Waals surface area contributed by atoms with Crippen LogP contribution in [0.25, 0.3) is 0 Å². The lowest BCUT2D eigenvalue weighted by Gasteiger charge is -2.14. The smallest absolute Gasteiger partial charge is 0.321 e. The normalized spacial score (nSPS) is 14.7. The summed E-state index contributed by atoms with van der Waals surface area (Å²) in [6.45, 7) is 4.07. The highest BCUT2D eigenvalue weighted by Gasteiger charge is 2.24. The fourth-order valence-corrected chi connectivity index (χ4v) is 2.92. The summed E-state index contributed by atoms with van der Waals surface area (Å²) in [5.74, 6) is 0. The molecule has 1 N–H and O–H groups in total. The summed E-state index contributed by atoms with van der Waals surface area (Å²) < 4.78 is 16.9. The Hall–Kier alpha value is -0.630. The molecule has 0 aliphatic carbocycles. The first-order valence-electron chi connectivity index (χ1n) is 5.67. The minimum absolute atomic E-state index is 0.246. The molecule has 3 nitrogen and oxygen atoms in total. The average molecular weight is 242 g/mol. The topological polar surface area (TPSA) is 46.5 Å². The number of hydrogen-bond donors (Lipinski definition) is 1. The van der Waals surface area contributed by atoms with Crippen molar-refractivity contribution in [1.82, 2.24) is 0 Å². The Morgan fingerprint density at radius 2 is 2.00 bits per heavy atom. The molecular formula is C12H19O3P. The van der Waals surface area contributed by atoms with Gasteiger partial charge in [-0.2, -0.15) is 0 Å². The number of rotatable bonds is 6. The minimum Gasteiger partial charge on any atom is -0.321 e. The van der Waals surface area contributed by atoms with Crippen LogP contribution in [0, 0.1) is 0 Å². The Morgan fingerprint density at radius 1 is 1.31 bits per heavy atom. The second kappa shape index (κ2) is 6.19. The SMILES string of the molecule is CCCCc1ccccc1P(=O)(O)OCC. The van der Waals surface area contributed by atoms with Crippen molar-refractivity contribution < 1.29 is 14.0 Å². The van der Waals surface area contributed by atoms with Crippen LogP contribution in [0.4, 0.5) is 0 Å². The van der Waals surface area contributed by atoms with Crippen LogP contribution in [0.5, 0.6) is 0 Å². The predicted molar refractivity (Wildman–Crippen MR) is 66.1 cm³/mol. The third-order valence-corrected chi connectivity index (χ3v) is 4.05. The summed E-state index contributed by atoms with van der Waals surface area (Å²) in [7, 11) is -3.62. The van der Waals surface area contributed by atoms with Crippen molar-refractivity contribution in [3.63, 3.8) is 0 Å². The summed E-state index contributed by atoms with van der Waals surface area (Å²) in [6, 6.07) is 7.24. The summed E-state index contributed by atoms with van der Waals surface area (Å²) >= 11 is 0. The van der Waals surface area contributed by atoms with Gasteiger partial charge in [0.25, 0.3) is 0 Å². The molecule has 0 saturated carbocycles. The molecule has 0 fully saturated rings. The van der Waals surface area contributed by atoms with Crippen molar-refractivity contribution >= 4 is 12.9 Å². The fourth-order valence-electron chi connectivity index (χ4n) is 1.61. The van der Waals surface area contributed by atoms with Crippen LogP contribution in [-0.2, 0) is 15.5 Å². The van der Waals surface area contributed by atoms with E-state index in [1.54, 1.807) is 19.1 Å². The highest BCUT2D eigenvalue weighted by molar-refractivity contribution is 7.61. The van der Waals surface area contributed by atoms with E-state index >= 15 is 0 Å². The summed E-state index contributed by atoms with van der Waals surface area (Å²) in [6.07, 6.45) is 2.91. The molecule has 0 spiro atoms. The monoisotopic (exact) mass is 242 g/mol. The van der Waals surface area contributed by atoms with Gasteiger partial charge in [0.2, 0.25) is 0 Å². The van der Waals surface area contributed by atoms with Crippen molar-refractivity contribution in [3.8, 4) is 0 Å². The molecule has 0 saturated heterocycles. The maximum atomic E-state index is 11.9. The highest BCUT2D eigenvalue weighted by atomic mass is 31.2. The molecule has 90 valence electrons. The van der Waals surface area contributed by atoms with Crippen LogP contribution in [0.15, 0.2) is 24.3 Å². The molecular weight excluding hydrogens is 223 g/mol. The van der Waals surface area contributed by atoms with Crippen LogP contribution in [0.2, 0.25) is 0 Å². The Labute approximate surface area is 97.0 Å². The van der Waals surface area contributed by atoms with Gasteiger partial charge in [0, 0.05) is 0 Å². The Morgan fingerprint density at radius 3 is 2.62 bits per heavy atom. The molecule has 0 aliphatic heterocycles. The van der Waals surface area contributed by atoms with E-state index in [9.17, 15) is 9.46 Å². The van der Waals surface area contributed by atoms with E-state index in [1.807, 2.05) is 12.1 Å². The van der Waals surface area contributed by atoms with Crippen molar-refractivity contribution in [1.29, 1.82) is 0 Å². The van der Waals surface area contributed by atoms with Crippen molar-refractivity contribution in [3.05, 3.63) is 29.8 Å². The molecule has 1 aromatic carbocycles. The first-order chi connectivity index (χ1) is 7.61. The number of hydrogen-bond acceptors (Lipinski definition) is 2. The van der Waals surface area contributed by atoms with E-state index in [2.05, 4.69) is 6.92 Å². The molecule has 0 heterocycles. The minimum atomic E-state index is -3.62. The van der Waals surface area contributed by atoms with Crippen molar-refractivity contribution in [2.75, 3.05) is 6.61 Å². The molecule has 0 bridgehead atoms. The Balaban J connectivity index is 2.98. The van der Waals surface area contributed by atoms with Crippen LogP contribution >= 0.6 is 7.60 Å². The van der Waals surface area contributed by atoms with Crippen LogP contribution in [0.3, 0.4) is 0 Å². The van der Waals surface area contributed by atoms with Gasteiger partial charge in [-0.25, -0.2) is 0 Å². The molecule has 16 heavy (non-hydrogen) atoms. The average Bonchev–Trinajstić information content (AvgIpc) is 2.26. The third kappa shape index (κ3) is 3.44. The van der Waals surface area contributed by atoms with Crippen LogP contribution < -0.4 is 5.30 Å². The van der Waals surface area contributed by atoms with E-state index in [4.69, 9.17) is 4.52 Å². The molecule has 1 atom stereocenters. The first kappa shape index (κ1) is 13.4. The van der Waals surface area contributed by atoms with Gasteiger partial charge in [0.05, 0.1) is 11.9 Å². The Bertz CT molecular complexity index is 376. The van der Waals surface area contributed by atoms with E-state index in [0.29, 0.717) is 5.30 Å². The van der Waals surface area contributed by atoms with Gasteiger partial charge in [-0.3, -0.25) is 4.57 Å². The van der Waals surface area contributed by atoms with Gasteiger partial charge in [0.15, 0.2) is 0 Å². The van der Waals surface area contributed by atoms with Crippen molar-refractivity contribution in [2.45, 2.75) is 33.1 Å². The van der Waals surface area contributed by atoms with Gasteiger partial charge in [-0.1, -0.05) is 31.5 Å². The van der Waals surface area contributed by atoms with Gasteiger partial charge >= 0.3 is 7.60 Å². The largest absolute Gasteiger partial charge is 0.359 e. The van der Waals surface area contributed by atoms with E-state index in [1.165, 1.54) is 0 Å². The number of aryl methyl sites for hydroxylation is 1. The summed E-state index contributed by atoms with van der Waals surface area (Å²) in [5.41, 5.74) is 0.920. The van der Waals surface area contributed by atoms with E-state index in [-0.39, 0.29) is 6.61 Å². The molecule has 1 unspecified atom stereocenters. The van der Waals surface area contributed by atoms with Gasteiger partial charge in [0.1, 0.15) is 0 Å². The number of benzene rings is 1. The lowest BCUT2D eigenvalue weighted by Crippen LogP contribution is -2.13. The number of unbranched alkanes of at least 4 members (excludes halogenated alkanes) is 1. The second-order valence-electron chi connectivity index (χ2n) is 3.67. The van der Waals surface area contributed by atoms with E-state index < -0.39 is 7.60 Å². The maximum absolute atomic E-state index is 11.9. The molecule has 4 heteroatoms. The zero-order chi connectivity index (χ0) is 12.0. The molecule has 0 radical (unpaired) electrons. The molecule has 1 rings (SSSR count). The third-order valence-electron chi connectivity index (χ3n) is 2.40. The maximum Gasteiger partial charge on any atom is 0.359 e. The standard InChI is InChI=1S/C12H19O3P/c1-3-5-8-11-9-6-7-10-12(11)16(13,14)15-4-2/h6-7,9-10H,3-5,8H2,1-2H3,(H,13,14). The van der Waals surface area contributed by atoms with Crippen molar-refractivity contribution in [2.24, 2.45) is 0 Å². The molecule has 0 aliphatic rings. The molecule has 0 amide bonds. The lowest BCUT2D eigenvalue weighted by molar-refractivity contribution is 0.284. The zero-order valence-electron chi connectivity index (χ0n) is 9.85. The second-order valence-corrected chi connectivity index (χ2v) is 5.45. The van der Waals surface area contributed by atoms with Gasteiger partial charge < -0.3 is 9.42 Å². The quantitative estimate of drug-likeness (QED) is 0.780. The zero-order valence-corrected chi connectivity index (χ0v) is 10.7. The highest BCUT2D eigenvalue weighted by Crippen LogP contribution is 2.41. The molecule has 0 aromatic heterocycles. The molecule has 1 aromatic rings. The van der Waals surface area contributed by atoms with Crippen LogP contribution in [0.1, 0.15) is 32.3 Å². The van der Waals surface area contributed by atoms with Crippen LogP contribution in [-0.4, -0.2) is 11.5 Å². The Kier molecular flexibility index (Phi) is 5.20. The van der Waals surface area contributed by atoms with E-state index in [0.717, 1.165) is 24.8 Å². The summed E-state index contributed by atoms with van der Waals surface area (Å²) in [5, 5.41) is 0.449. The van der Waals surface area contributed by atoms with Gasteiger partial charge in [-0.05, 0) is 31.4 Å². The van der Waals surface area contributed by atoms with Gasteiger partial charge in [-0.15, -0.1) is 0 Å². The first-order valence-corrected chi connectivity index (χ1v) is 7.25. The lowest BCUT2D eigenvalue weighted by atomic mass is 10.1. The summed E-state index contributed by atoms with van der Waals surface area (Å²) in [4.78, 5) is 9.80.